The molecule has 20 aromatic carbocycles. The lowest BCUT2D eigenvalue weighted by Crippen LogP contribution is -2.05. The smallest absolute Gasteiger partial charge is 0.235 e. The van der Waals surface area contributed by atoms with Gasteiger partial charge in [-0.1, -0.05) is 267 Å². The highest BCUT2D eigenvalue weighted by Gasteiger charge is 2.27. The van der Waals surface area contributed by atoms with Crippen molar-refractivity contribution in [1.82, 2.24) is 37.4 Å². The molecule has 7 aromatic heterocycles. The number of hydrogen-bond donors (Lipinski definition) is 0. The van der Waals surface area contributed by atoms with Crippen LogP contribution in [0.2, 0.25) is 0 Å². The highest BCUT2D eigenvalue weighted by molar-refractivity contribution is 6.19. The van der Waals surface area contributed by atoms with Crippen LogP contribution in [0.4, 0.5) is 0 Å². The van der Waals surface area contributed by atoms with Crippen molar-refractivity contribution in [1.29, 1.82) is 0 Å². The van der Waals surface area contributed by atoms with Crippen LogP contribution >= 0.6 is 0 Å². The van der Waals surface area contributed by atoms with Gasteiger partial charge in [-0.2, -0.15) is 0 Å². The molecule has 8 nitrogen and oxygen atoms in total. The predicted octanol–water partition coefficient (Wildman–Crippen LogP) is 31.9. The molecule has 0 aliphatic rings. The molecule has 0 fully saturated rings. The highest BCUT2D eigenvalue weighted by Crippen LogP contribution is 2.48. The first-order chi connectivity index (χ1) is 64.5. The monoisotopic (exact) mass is 1650 g/mol. The molecule has 130 heavy (non-hydrogen) atoms. The van der Waals surface area contributed by atoms with Crippen LogP contribution in [0.3, 0.4) is 0 Å². The Morgan fingerprint density at radius 2 is 0.377 bits per heavy atom. The molecule has 0 unspecified atom stereocenters. The molecular weight excluding hydrogens is 1580 g/mol. The quantitative estimate of drug-likeness (QED) is 0.116. The summed E-state index contributed by atoms with van der Waals surface area (Å²) in [6.07, 6.45) is 0. The molecule has 8 heteroatoms. The van der Waals surface area contributed by atoms with E-state index < -0.39 is 0 Å². The van der Waals surface area contributed by atoms with Gasteiger partial charge in [-0.25, -0.2) is 9.97 Å². The summed E-state index contributed by atoms with van der Waals surface area (Å²) in [5.74, 6) is 0.563. The van der Waals surface area contributed by atoms with Gasteiger partial charge in [0, 0.05) is 104 Å². The molecule has 27 aromatic rings. The van der Waals surface area contributed by atoms with Crippen molar-refractivity contribution >= 4 is 142 Å². The van der Waals surface area contributed by atoms with E-state index in [0.717, 1.165) is 172 Å². The summed E-state index contributed by atoms with van der Waals surface area (Å²) in [7, 11) is 0. The lowest BCUT2D eigenvalue weighted by atomic mass is 9.92. The molecular formula is C122H76N8. The summed E-state index contributed by atoms with van der Waals surface area (Å²) in [6, 6.07) is 170. The summed E-state index contributed by atoms with van der Waals surface area (Å²) in [5, 5.41) is 15.0. The minimum absolute atomic E-state index is 0.563. The summed E-state index contributed by atoms with van der Waals surface area (Å²) in [4.78, 5) is 12.1. The number of nitrogens with zero attached hydrogens (tertiary/aromatic N) is 8. The molecule has 0 atom stereocenters. The third kappa shape index (κ3) is 11.4. The summed E-state index contributed by atoms with van der Waals surface area (Å²) in [6.45, 7) is 0. The van der Waals surface area contributed by atoms with Gasteiger partial charge in [-0.3, -0.25) is 4.57 Å². The van der Waals surface area contributed by atoms with Gasteiger partial charge in [-0.05, 0) is 261 Å². The van der Waals surface area contributed by atoms with Crippen molar-refractivity contribution < 1.29 is 0 Å². The van der Waals surface area contributed by atoms with Gasteiger partial charge < -0.3 is 22.8 Å². The number of para-hydroxylation sites is 8. The Kier molecular flexibility index (Phi) is 16.3. The van der Waals surface area contributed by atoms with E-state index in [2.05, 4.69) is 488 Å². The van der Waals surface area contributed by atoms with E-state index >= 15 is 0 Å². The normalized spacial score (nSPS) is 12.0. The van der Waals surface area contributed by atoms with Crippen LogP contribution < -0.4 is 0 Å². The van der Waals surface area contributed by atoms with Gasteiger partial charge in [0.2, 0.25) is 5.95 Å². The zero-order valence-corrected chi connectivity index (χ0v) is 70.5. The van der Waals surface area contributed by atoms with E-state index in [4.69, 9.17) is 9.97 Å². The van der Waals surface area contributed by atoms with Gasteiger partial charge in [-0.15, -0.1) is 0 Å². The topological polar surface area (TPSA) is 55.4 Å². The van der Waals surface area contributed by atoms with Gasteiger partial charge in [0.25, 0.3) is 0 Å². The number of benzene rings is 20. The van der Waals surface area contributed by atoms with E-state index in [1.807, 2.05) is 0 Å². The fourth-order valence-corrected chi connectivity index (χ4v) is 21.3. The molecule has 7 heterocycles. The fourth-order valence-electron chi connectivity index (χ4n) is 21.3. The second kappa shape index (κ2) is 29.1. The van der Waals surface area contributed by atoms with E-state index in [0.29, 0.717) is 5.95 Å². The van der Waals surface area contributed by atoms with E-state index in [-0.39, 0.29) is 0 Å². The third-order valence-electron chi connectivity index (χ3n) is 27.2. The average molecular weight is 1650 g/mol. The molecule has 27 rings (SSSR count). The molecule has 0 aliphatic carbocycles. The SMILES string of the molecule is c1ccc(-c2ccc(-c3ccccc3)c(-c3nc(-n4c5ccc(-c6ccc7c(c6)c6ccccc6n7-c6ccccc6)cc5c5cc(-c6ccc7c(c6)c6ccccc6n7-c6ccccc6)ccc54)nc4ccc(-n5c6ccc(-c7ccc8c(c7)c7ccccc7n8-c7ccccc7)cc6c6cc(-c7ccc8c(c7)c7ccccc7n8-c7ccccc7)ccc65)cc34)c2)cc1. The van der Waals surface area contributed by atoms with E-state index in [1.165, 1.54) is 76.2 Å². The maximum absolute atomic E-state index is 6.17. The first-order valence-corrected chi connectivity index (χ1v) is 44.6. The molecule has 604 valence electrons. The fraction of sp³-hybridized carbons (Fsp3) is 0. The molecule has 0 radical (unpaired) electrons. The minimum Gasteiger partial charge on any atom is -0.309 e. The second-order valence-corrected chi connectivity index (χ2v) is 34.3. The third-order valence-corrected chi connectivity index (χ3v) is 27.2. The Morgan fingerprint density at radius 3 is 0.700 bits per heavy atom. The van der Waals surface area contributed by atoms with Gasteiger partial charge in [0.1, 0.15) is 0 Å². The molecule has 0 amide bonds. The van der Waals surface area contributed by atoms with Crippen LogP contribution in [0.25, 0.3) is 254 Å². The van der Waals surface area contributed by atoms with Gasteiger partial charge in [0.15, 0.2) is 0 Å². The number of hydrogen-bond acceptors (Lipinski definition) is 2. The largest absolute Gasteiger partial charge is 0.309 e. The summed E-state index contributed by atoms with van der Waals surface area (Å²) in [5.41, 5.74) is 34.9. The zero-order valence-electron chi connectivity index (χ0n) is 70.5. The number of rotatable bonds is 13. The minimum atomic E-state index is 0.563. The Balaban J connectivity index is 0.684. The maximum atomic E-state index is 6.17. The molecule has 0 N–H and O–H groups in total. The lowest BCUT2D eigenvalue weighted by Gasteiger charge is -2.17. The maximum Gasteiger partial charge on any atom is 0.235 e. The van der Waals surface area contributed by atoms with Crippen LogP contribution in [0.15, 0.2) is 461 Å². The van der Waals surface area contributed by atoms with Gasteiger partial charge >= 0.3 is 0 Å². The summed E-state index contributed by atoms with van der Waals surface area (Å²) < 4.78 is 14.4. The Hall–Kier alpha value is -17.5. The van der Waals surface area contributed by atoms with E-state index in [1.54, 1.807) is 0 Å². The van der Waals surface area contributed by atoms with Crippen LogP contribution in [-0.2, 0) is 0 Å². The van der Waals surface area contributed by atoms with Crippen molar-refractivity contribution in [3.8, 4) is 112 Å². The lowest BCUT2D eigenvalue weighted by molar-refractivity contribution is 1.01. The summed E-state index contributed by atoms with van der Waals surface area (Å²) >= 11 is 0. The Bertz CT molecular complexity index is 8910. The number of fused-ring (bicyclic) bond motifs is 19. The first-order valence-electron chi connectivity index (χ1n) is 44.6. The van der Waals surface area contributed by atoms with Crippen LogP contribution in [-0.4, -0.2) is 37.4 Å². The van der Waals surface area contributed by atoms with Crippen LogP contribution in [0, 0.1) is 0 Å². The standard InChI is InChI=1S/C122H76N8/c1-7-27-77(28-8-1)79-47-57-93(78-29-9-2-10-30-78)106(75-79)121-107-76-92(129-117-63-52-84(80-48-59-113-98(67-80)94-39-19-23-43-109(94)125(113)88-31-11-3-12-32-88)71-102(117)103-72-85(53-64-118(103)129)81-49-60-114-99(68-81)95-40-20-24-44-110(95)126(114)89-33-13-4-14-34-89)56-58-108(107)123-122(124-121)130-119-65-54-86(82-50-61-115-100(69-82)96-41-21-25-45-111(96)127(115)90-35-15-5-16-36-90)73-104(119)105-74-87(55-66-120(105)130)83-51-62-116-101(70-83)97-42-22-26-46-112(97)128(116)91-37-17-6-18-38-91/h1-76H. The molecule has 0 bridgehead atoms. The average Bonchev–Trinajstić information content (AvgIpc) is 1.49. The Labute approximate surface area is 747 Å². The predicted molar refractivity (Wildman–Crippen MR) is 544 cm³/mol. The Morgan fingerprint density at radius 1 is 0.131 bits per heavy atom. The highest BCUT2D eigenvalue weighted by atomic mass is 15.2. The van der Waals surface area contributed by atoms with Gasteiger partial charge in [0.05, 0.1) is 77.4 Å². The van der Waals surface area contributed by atoms with Crippen molar-refractivity contribution in [3.05, 3.63) is 461 Å². The molecule has 0 saturated heterocycles. The van der Waals surface area contributed by atoms with Crippen molar-refractivity contribution in [2.45, 2.75) is 0 Å². The molecule has 0 saturated carbocycles. The molecule has 0 spiro atoms. The van der Waals surface area contributed by atoms with E-state index in [9.17, 15) is 0 Å². The van der Waals surface area contributed by atoms with Crippen molar-refractivity contribution in [2.75, 3.05) is 0 Å². The van der Waals surface area contributed by atoms with Crippen LogP contribution in [0.5, 0.6) is 0 Å². The van der Waals surface area contributed by atoms with Crippen molar-refractivity contribution in [3.63, 3.8) is 0 Å². The molecule has 0 aliphatic heterocycles. The number of aromatic nitrogens is 8. The van der Waals surface area contributed by atoms with Crippen LogP contribution in [0.1, 0.15) is 0 Å². The van der Waals surface area contributed by atoms with Crippen molar-refractivity contribution in [2.24, 2.45) is 0 Å². The first kappa shape index (κ1) is 72.9. The second-order valence-electron chi connectivity index (χ2n) is 34.3. The zero-order chi connectivity index (χ0) is 85.2.